The number of hydrogen-bond donors (Lipinski definition) is 1. The van der Waals surface area contributed by atoms with E-state index in [0.29, 0.717) is 19.6 Å². The monoisotopic (exact) mass is 200 g/mol. The smallest absolute Gasteiger partial charge is 0.165 e. The molecular weight excluding hydrogens is 180 g/mol. The van der Waals surface area contributed by atoms with E-state index in [-0.39, 0.29) is 12.0 Å². The molecule has 3 nitrogen and oxygen atoms in total. The fourth-order valence-electron chi connectivity index (χ4n) is 1.53. The van der Waals surface area contributed by atoms with E-state index >= 15 is 0 Å². The molecule has 0 aromatic heterocycles. The van der Waals surface area contributed by atoms with Gasteiger partial charge in [0, 0.05) is 6.42 Å². The summed E-state index contributed by atoms with van der Waals surface area (Å²) in [6, 6.07) is 0. The second kappa shape index (κ2) is 4.91. The fourth-order valence-corrected chi connectivity index (χ4v) is 1.53. The minimum absolute atomic E-state index is 0.125. The van der Waals surface area contributed by atoms with Crippen molar-refractivity contribution in [2.24, 2.45) is 5.92 Å². The van der Waals surface area contributed by atoms with Crippen molar-refractivity contribution in [3.05, 3.63) is 12.7 Å². The van der Waals surface area contributed by atoms with Gasteiger partial charge >= 0.3 is 0 Å². The molecule has 0 aromatic rings. The summed E-state index contributed by atoms with van der Waals surface area (Å²) in [5.74, 6) is -0.359. The summed E-state index contributed by atoms with van der Waals surface area (Å²) in [5, 5.41) is 9.71. The Kier molecular flexibility index (Phi) is 4.11. The molecule has 0 aliphatic carbocycles. The lowest BCUT2D eigenvalue weighted by Gasteiger charge is -2.24. The van der Waals surface area contributed by atoms with Crippen molar-refractivity contribution < 1.29 is 14.6 Å². The van der Waals surface area contributed by atoms with E-state index in [9.17, 15) is 5.11 Å². The summed E-state index contributed by atoms with van der Waals surface area (Å²) in [6.45, 7) is 8.85. The third kappa shape index (κ3) is 3.08. The van der Waals surface area contributed by atoms with Crippen LogP contribution in [-0.2, 0) is 9.47 Å². The van der Waals surface area contributed by atoms with Crippen LogP contribution in [0.15, 0.2) is 12.7 Å². The highest BCUT2D eigenvalue weighted by Gasteiger charge is 2.31. The molecule has 0 aromatic carbocycles. The maximum Gasteiger partial charge on any atom is 0.165 e. The van der Waals surface area contributed by atoms with Crippen molar-refractivity contribution >= 4 is 0 Å². The second-order valence-electron chi connectivity index (χ2n) is 4.03. The maximum atomic E-state index is 9.71. The molecule has 0 radical (unpaired) electrons. The van der Waals surface area contributed by atoms with Crippen LogP contribution in [0.2, 0.25) is 0 Å². The van der Waals surface area contributed by atoms with E-state index < -0.39 is 5.79 Å². The number of rotatable bonds is 5. The molecule has 1 N–H and O–H groups in total. The number of hydrogen-bond acceptors (Lipinski definition) is 3. The molecule has 82 valence electrons. The molecular formula is C11H20O3. The maximum absolute atomic E-state index is 9.71. The molecule has 1 aliphatic heterocycles. The highest BCUT2D eigenvalue weighted by Crippen LogP contribution is 2.26. The number of aliphatic hydroxyl groups excluding tert-OH is 1. The highest BCUT2D eigenvalue weighted by molar-refractivity contribution is 4.82. The third-order valence-corrected chi connectivity index (χ3v) is 2.77. The molecule has 0 spiro atoms. The van der Waals surface area contributed by atoms with Crippen LogP contribution in [0.5, 0.6) is 0 Å². The Bertz CT molecular complexity index is 185. The summed E-state index contributed by atoms with van der Waals surface area (Å²) in [7, 11) is 0. The van der Waals surface area contributed by atoms with Crippen molar-refractivity contribution in [1.29, 1.82) is 0 Å². The van der Waals surface area contributed by atoms with Gasteiger partial charge in [-0.1, -0.05) is 13.0 Å². The Morgan fingerprint density at radius 3 is 2.57 bits per heavy atom. The van der Waals surface area contributed by atoms with Crippen LogP contribution in [-0.4, -0.2) is 30.2 Å². The van der Waals surface area contributed by atoms with Gasteiger partial charge in [0.15, 0.2) is 5.79 Å². The highest BCUT2D eigenvalue weighted by atomic mass is 16.7. The van der Waals surface area contributed by atoms with Crippen LogP contribution in [0.3, 0.4) is 0 Å². The Morgan fingerprint density at radius 2 is 2.07 bits per heavy atom. The third-order valence-electron chi connectivity index (χ3n) is 2.77. The first-order valence-corrected chi connectivity index (χ1v) is 5.16. The summed E-state index contributed by atoms with van der Waals surface area (Å²) in [6.07, 6.45) is 2.83. The van der Waals surface area contributed by atoms with Gasteiger partial charge in [-0.3, -0.25) is 0 Å². The summed E-state index contributed by atoms with van der Waals surface area (Å²) < 4.78 is 10.9. The Labute approximate surface area is 85.7 Å². The zero-order valence-corrected chi connectivity index (χ0v) is 9.03. The van der Waals surface area contributed by atoms with Gasteiger partial charge in [-0.2, -0.15) is 0 Å². The van der Waals surface area contributed by atoms with E-state index in [1.54, 1.807) is 6.08 Å². The van der Waals surface area contributed by atoms with Crippen LogP contribution >= 0.6 is 0 Å². The van der Waals surface area contributed by atoms with E-state index in [1.807, 2.05) is 13.8 Å². The molecule has 1 aliphatic rings. The number of aliphatic hydroxyl groups is 1. The minimum Gasteiger partial charge on any atom is -0.393 e. The van der Waals surface area contributed by atoms with Crippen molar-refractivity contribution in [1.82, 2.24) is 0 Å². The summed E-state index contributed by atoms with van der Waals surface area (Å²) in [5.41, 5.74) is 0. The molecule has 2 atom stereocenters. The number of ether oxygens (including phenoxy) is 2. The van der Waals surface area contributed by atoms with Gasteiger partial charge in [0.25, 0.3) is 0 Å². The van der Waals surface area contributed by atoms with Gasteiger partial charge in [-0.05, 0) is 19.3 Å². The average Bonchev–Trinajstić information content (AvgIpc) is 2.61. The topological polar surface area (TPSA) is 38.7 Å². The molecule has 14 heavy (non-hydrogen) atoms. The Hall–Kier alpha value is -0.380. The van der Waals surface area contributed by atoms with E-state index in [2.05, 4.69) is 6.58 Å². The predicted octanol–water partition coefficient (Wildman–Crippen LogP) is 1.71. The van der Waals surface area contributed by atoms with Gasteiger partial charge in [0.1, 0.15) is 0 Å². The van der Waals surface area contributed by atoms with Gasteiger partial charge in [0.2, 0.25) is 0 Å². The van der Waals surface area contributed by atoms with Crippen LogP contribution in [0.1, 0.15) is 26.7 Å². The standard InChI is InChI=1S/C11H20O3/c1-4-9(2)10(12)5-6-11(3)13-7-8-14-11/h4,9-10,12H,1,5-8H2,2-3H3/t9-,10-/m0/s1. The lowest BCUT2D eigenvalue weighted by molar-refractivity contribution is -0.151. The van der Waals surface area contributed by atoms with Crippen LogP contribution in [0.4, 0.5) is 0 Å². The van der Waals surface area contributed by atoms with Gasteiger partial charge in [0.05, 0.1) is 19.3 Å². The van der Waals surface area contributed by atoms with Gasteiger partial charge in [-0.15, -0.1) is 6.58 Å². The summed E-state index contributed by atoms with van der Waals surface area (Å²) >= 11 is 0. The van der Waals surface area contributed by atoms with Gasteiger partial charge < -0.3 is 14.6 Å². The van der Waals surface area contributed by atoms with Crippen LogP contribution in [0, 0.1) is 5.92 Å². The van der Waals surface area contributed by atoms with Crippen molar-refractivity contribution in [3.8, 4) is 0 Å². The molecule has 0 bridgehead atoms. The zero-order valence-electron chi connectivity index (χ0n) is 9.03. The molecule has 1 fully saturated rings. The van der Waals surface area contributed by atoms with E-state index in [1.165, 1.54) is 0 Å². The van der Waals surface area contributed by atoms with Gasteiger partial charge in [-0.25, -0.2) is 0 Å². The SMILES string of the molecule is C=C[C@H](C)[C@@H](O)CCC1(C)OCCO1. The van der Waals surface area contributed by atoms with Crippen LogP contribution in [0.25, 0.3) is 0 Å². The molecule has 1 rings (SSSR count). The Balaban J connectivity index is 2.28. The molecule has 0 amide bonds. The van der Waals surface area contributed by atoms with Crippen molar-refractivity contribution in [3.63, 3.8) is 0 Å². The Morgan fingerprint density at radius 1 is 1.50 bits per heavy atom. The summed E-state index contributed by atoms with van der Waals surface area (Å²) in [4.78, 5) is 0. The first kappa shape index (κ1) is 11.7. The molecule has 1 heterocycles. The van der Waals surface area contributed by atoms with Crippen LogP contribution < -0.4 is 0 Å². The first-order chi connectivity index (χ1) is 6.57. The van der Waals surface area contributed by atoms with Crippen molar-refractivity contribution in [2.45, 2.75) is 38.6 Å². The minimum atomic E-state index is -0.484. The zero-order chi connectivity index (χ0) is 10.6. The lowest BCUT2D eigenvalue weighted by atomic mass is 9.98. The second-order valence-corrected chi connectivity index (χ2v) is 4.03. The predicted molar refractivity (Wildman–Crippen MR) is 54.9 cm³/mol. The molecule has 0 saturated carbocycles. The molecule has 3 heteroatoms. The van der Waals surface area contributed by atoms with E-state index in [4.69, 9.17) is 9.47 Å². The molecule has 1 saturated heterocycles. The lowest BCUT2D eigenvalue weighted by Crippen LogP contribution is -2.28. The quantitative estimate of drug-likeness (QED) is 0.687. The first-order valence-electron chi connectivity index (χ1n) is 5.16. The normalized spacial score (nSPS) is 24.5. The van der Waals surface area contributed by atoms with Crippen molar-refractivity contribution in [2.75, 3.05) is 13.2 Å². The largest absolute Gasteiger partial charge is 0.393 e. The fraction of sp³-hybridized carbons (Fsp3) is 0.818. The van der Waals surface area contributed by atoms with E-state index in [0.717, 1.165) is 6.42 Å². The molecule has 0 unspecified atom stereocenters. The average molecular weight is 200 g/mol.